The van der Waals surface area contributed by atoms with Crippen molar-refractivity contribution in [2.75, 3.05) is 11.1 Å². The van der Waals surface area contributed by atoms with Crippen LogP contribution in [-0.4, -0.2) is 15.6 Å². The van der Waals surface area contributed by atoms with E-state index in [0.717, 1.165) is 5.95 Å². The number of aryl methyl sites for hydroxylation is 1. The zero-order valence-electron chi connectivity index (χ0n) is 6.54. The van der Waals surface area contributed by atoms with Crippen molar-refractivity contribution in [1.82, 2.24) is 9.55 Å². The number of rotatable bonds is 2. The van der Waals surface area contributed by atoms with Crippen LogP contribution in [0, 0.1) is 0 Å². The summed E-state index contributed by atoms with van der Waals surface area (Å²) >= 11 is 0. The number of hydrogen-bond donors (Lipinski definition) is 2. The molecule has 2 rings (SSSR count). The first-order valence-electron chi connectivity index (χ1n) is 3.81. The molecule has 0 amide bonds. The summed E-state index contributed by atoms with van der Waals surface area (Å²) < 4.78 is 1.91. The lowest BCUT2D eigenvalue weighted by Crippen LogP contribution is -2.06. The molecule has 0 saturated heterocycles. The second kappa shape index (κ2) is 2.15. The molecule has 11 heavy (non-hydrogen) atoms. The van der Waals surface area contributed by atoms with Crippen LogP contribution in [0.15, 0.2) is 6.20 Å². The summed E-state index contributed by atoms with van der Waals surface area (Å²) in [6, 6.07) is 0.635. The number of nitrogens with two attached hydrogens (primary N) is 1. The Bertz CT molecular complexity index is 261. The van der Waals surface area contributed by atoms with E-state index in [4.69, 9.17) is 5.73 Å². The number of nitrogens with one attached hydrogen (secondary N) is 1. The zero-order chi connectivity index (χ0) is 7.84. The molecule has 1 aromatic rings. The molecule has 1 aliphatic rings. The van der Waals surface area contributed by atoms with Gasteiger partial charge < -0.3 is 15.6 Å². The fourth-order valence-electron chi connectivity index (χ4n) is 1.03. The van der Waals surface area contributed by atoms with Crippen molar-refractivity contribution < 1.29 is 0 Å². The fraction of sp³-hybridized carbons (Fsp3) is 0.571. The van der Waals surface area contributed by atoms with Crippen molar-refractivity contribution in [3.05, 3.63) is 6.20 Å². The summed E-state index contributed by atoms with van der Waals surface area (Å²) in [5, 5.41) is 3.28. The highest BCUT2D eigenvalue weighted by Crippen LogP contribution is 2.23. The molecule has 0 aromatic carbocycles. The van der Waals surface area contributed by atoms with Gasteiger partial charge in [0.1, 0.15) is 5.82 Å². The summed E-state index contributed by atoms with van der Waals surface area (Å²) in [6.07, 6.45) is 4.32. The Labute approximate surface area is 65.4 Å². The molecule has 3 N–H and O–H groups in total. The predicted molar refractivity (Wildman–Crippen MR) is 44.3 cm³/mol. The molecule has 0 radical (unpaired) electrons. The first-order valence-corrected chi connectivity index (χ1v) is 3.81. The van der Waals surface area contributed by atoms with E-state index in [1.54, 1.807) is 0 Å². The van der Waals surface area contributed by atoms with Gasteiger partial charge in [0.2, 0.25) is 5.95 Å². The minimum Gasteiger partial charge on any atom is -0.382 e. The van der Waals surface area contributed by atoms with Crippen LogP contribution in [0.3, 0.4) is 0 Å². The van der Waals surface area contributed by atoms with Crippen LogP contribution in [0.25, 0.3) is 0 Å². The smallest absolute Gasteiger partial charge is 0.204 e. The summed E-state index contributed by atoms with van der Waals surface area (Å²) in [4.78, 5) is 4.12. The third kappa shape index (κ3) is 1.29. The number of nitrogens with zero attached hydrogens (tertiary/aromatic N) is 2. The van der Waals surface area contributed by atoms with Crippen LogP contribution in [0.2, 0.25) is 0 Å². The lowest BCUT2D eigenvalue weighted by atomic mass is 10.7. The number of aromatic nitrogens is 2. The van der Waals surface area contributed by atoms with Crippen molar-refractivity contribution in [3.8, 4) is 0 Å². The van der Waals surface area contributed by atoms with Gasteiger partial charge in [0.25, 0.3) is 0 Å². The summed E-state index contributed by atoms with van der Waals surface area (Å²) in [7, 11) is 1.94. The zero-order valence-corrected chi connectivity index (χ0v) is 6.54. The number of hydrogen-bond acceptors (Lipinski definition) is 3. The molecule has 1 aromatic heterocycles. The molecule has 0 spiro atoms. The van der Waals surface area contributed by atoms with Gasteiger partial charge in [-0.1, -0.05) is 0 Å². The Morgan fingerprint density at radius 1 is 1.73 bits per heavy atom. The summed E-state index contributed by atoms with van der Waals surface area (Å²) in [5.74, 6) is 1.46. The highest BCUT2D eigenvalue weighted by molar-refractivity contribution is 5.39. The Kier molecular flexibility index (Phi) is 1.27. The monoisotopic (exact) mass is 152 g/mol. The molecule has 1 saturated carbocycles. The quantitative estimate of drug-likeness (QED) is 0.651. The third-order valence-corrected chi connectivity index (χ3v) is 1.81. The van der Waals surface area contributed by atoms with E-state index in [1.165, 1.54) is 12.8 Å². The summed E-state index contributed by atoms with van der Waals surface area (Å²) in [6.45, 7) is 0. The lowest BCUT2D eigenvalue weighted by Gasteiger charge is -2.01. The van der Waals surface area contributed by atoms with Gasteiger partial charge in [0, 0.05) is 19.3 Å². The van der Waals surface area contributed by atoms with Gasteiger partial charge in [-0.15, -0.1) is 0 Å². The van der Waals surface area contributed by atoms with Crippen LogP contribution in [0.5, 0.6) is 0 Å². The number of nitrogen functional groups attached to an aromatic ring is 1. The molecule has 0 unspecified atom stereocenters. The van der Waals surface area contributed by atoms with Gasteiger partial charge in [-0.25, -0.2) is 0 Å². The van der Waals surface area contributed by atoms with Crippen LogP contribution in [0.1, 0.15) is 12.8 Å². The average molecular weight is 152 g/mol. The highest BCUT2D eigenvalue weighted by Gasteiger charge is 2.22. The van der Waals surface area contributed by atoms with Gasteiger partial charge in [0.05, 0.1) is 0 Å². The van der Waals surface area contributed by atoms with Crippen molar-refractivity contribution in [2.24, 2.45) is 7.05 Å². The molecule has 4 heteroatoms. The van der Waals surface area contributed by atoms with E-state index in [0.29, 0.717) is 11.9 Å². The topological polar surface area (TPSA) is 55.9 Å². The van der Waals surface area contributed by atoms with Crippen molar-refractivity contribution in [1.29, 1.82) is 0 Å². The summed E-state index contributed by atoms with van der Waals surface area (Å²) in [5.41, 5.74) is 5.50. The van der Waals surface area contributed by atoms with Crippen LogP contribution >= 0.6 is 0 Å². The Balaban J connectivity index is 2.14. The predicted octanol–water partition coefficient (Wildman–Crippen LogP) is 0.577. The van der Waals surface area contributed by atoms with Crippen LogP contribution in [0.4, 0.5) is 11.8 Å². The van der Waals surface area contributed by atoms with E-state index in [-0.39, 0.29) is 0 Å². The second-order valence-corrected chi connectivity index (χ2v) is 3.02. The van der Waals surface area contributed by atoms with Gasteiger partial charge in [-0.05, 0) is 12.8 Å². The fourth-order valence-corrected chi connectivity index (χ4v) is 1.03. The van der Waals surface area contributed by atoms with Crippen LogP contribution in [-0.2, 0) is 7.05 Å². The molecule has 1 aliphatic carbocycles. The van der Waals surface area contributed by atoms with Crippen molar-refractivity contribution in [2.45, 2.75) is 18.9 Å². The first kappa shape index (κ1) is 6.52. The van der Waals surface area contributed by atoms with Crippen molar-refractivity contribution in [3.63, 3.8) is 0 Å². The van der Waals surface area contributed by atoms with Gasteiger partial charge in [0.15, 0.2) is 0 Å². The molecule has 0 aliphatic heterocycles. The molecular formula is C7H12N4. The maximum absolute atomic E-state index is 5.50. The molecule has 1 fully saturated rings. The minimum atomic E-state index is 0.579. The Morgan fingerprint density at radius 3 is 2.91 bits per heavy atom. The maximum atomic E-state index is 5.50. The van der Waals surface area contributed by atoms with Gasteiger partial charge in [-0.3, -0.25) is 0 Å². The molecule has 0 atom stereocenters. The molecular weight excluding hydrogens is 140 g/mol. The van der Waals surface area contributed by atoms with E-state index >= 15 is 0 Å². The van der Waals surface area contributed by atoms with Gasteiger partial charge in [-0.2, -0.15) is 4.98 Å². The Hall–Kier alpha value is -1.19. The average Bonchev–Trinajstić information content (AvgIpc) is 2.64. The normalized spacial score (nSPS) is 16.8. The molecule has 4 nitrogen and oxygen atoms in total. The maximum Gasteiger partial charge on any atom is 0.204 e. The molecule has 1 heterocycles. The third-order valence-electron chi connectivity index (χ3n) is 1.81. The van der Waals surface area contributed by atoms with E-state index in [1.807, 2.05) is 17.8 Å². The van der Waals surface area contributed by atoms with Crippen LogP contribution < -0.4 is 11.1 Å². The van der Waals surface area contributed by atoms with E-state index < -0.39 is 0 Å². The Morgan fingerprint density at radius 2 is 2.45 bits per heavy atom. The van der Waals surface area contributed by atoms with Gasteiger partial charge >= 0.3 is 0 Å². The van der Waals surface area contributed by atoms with E-state index in [9.17, 15) is 0 Å². The second-order valence-electron chi connectivity index (χ2n) is 3.02. The number of anilines is 2. The standard InChI is InChI=1S/C7H12N4/c1-11-4-6(8)10-7(11)9-5-2-3-5/h4-5H,2-3,8H2,1H3,(H,9,10). The highest BCUT2D eigenvalue weighted by atomic mass is 15.2. The minimum absolute atomic E-state index is 0.579. The number of imidazole rings is 1. The first-order chi connectivity index (χ1) is 5.25. The SMILES string of the molecule is Cn1cc(N)nc1NC1CC1. The largest absolute Gasteiger partial charge is 0.382 e. The molecule has 0 bridgehead atoms. The molecule has 60 valence electrons. The van der Waals surface area contributed by atoms with E-state index in [2.05, 4.69) is 10.3 Å². The lowest BCUT2D eigenvalue weighted by molar-refractivity contribution is 0.899. The van der Waals surface area contributed by atoms with Crippen molar-refractivity contribution >= 4 is 11.8 Å².